The van der Waals surface area contributed by atoms with E-state index in [-0.39, 0.29) is 0 Å². The molecule has 0 amide bonds. The molecule has 0 aromatic carbocycles. The van der Waals surface area contributed by atoms with Crippen LogP contribution in [0, 0.1) is 5.92 Å². The third kappa shape index (κ3) is 1.74. The van der Waals surface area contributed by atoms with Crippen LogP contribution in [0.3, 0.4) is 0 Å². The largest absolute Gasteiger partial charge is 0.497 e. The van der Waals surface area contributed by atoms with Crippen molar-refractivity contribution in [3.8, 4) is 0 Å². The van der Waals surface area contributed by atoms with Crippen LogP contribution in [0.2, 0.25) is 22.8 Å². The zero-order valence-electron chi connectivity index (χ0n) is 14.1. The van der Waals surface area contributed by atoms with Gasteiger partial charge in [0.1, 0.15) is 0 Å². The fraction of sp³-hybridized carbons (Fsp3) is 1.00. The van der Waals surface area contributed by atoms with Gasteiger partial charge in [0, 0.05) is 0 Å². The highest BCUT2D eigenvalue weighted by molar-refractivity contribution is 6.77. The molecule has 0 spiro atoms. The molecule has 0 aliphatic carbocycles. The molecule has 1 unspecified atom stereocenters. The molecular formula is C17H32B2O. The van der Waals surface area contributed by atoms with Gasteiger partial charge < -0.3 is 4.57 Å². The Morgan fingerprint density at radius 2 is 1.60 bits per heavy atom. The topological polar surface area (TPSA) is 9.23 Å². The predicted octanol–water partition coefficient (Wildman–Crippen LogP) is 5.69. The monoisotopic (exact) mass is 274 g/mol. The Morgan fingerprint density at radius 3 is 2.10 bits per heavy atom. The highest BCUT2D eigenvalue weighted by Crippen LogP contribution is 2.74. The molecule has 3 aliphatic rings. The van der Waals surface area contributed by atoms with Crippen LogP contribution in [-0.2, 0) is 4.57 Å². The quantitative estimate of drug-likeness (QED) is 0.600. The summed E-state index contributed by atoms with van der Waals surface area (Å²) in [5, 5.41) is 0.874. The molecule has 0 aromatic heterocycles. The van der Waals surface area contributed by atoms with Crippen molar-refractivity contribution in [1.82, 2.24) is 0 Å². The van der Waals surface area contributed by atoms with Gasteiger partial charge in [-0.25, -0.2) is 0 Å². The van der Waals surface area contributed by atoms with Gasteiger partial charge in [0.05, 0.1) is 0 Å². The second kappa shape index (κ2) is 5.38. The van der Waals surface area contributed by atoms with Crippen molar-refractivity contribution < 1.29 is 4.57 Å². The summed E-state index contributed by atoms with van der Waals surface area (Å²) in [6, 6.07) is 0. The molecule has 3 heteroatoms. The minimum atomic E-state index is 0.435. The molecular weight excluding hydrogens is 242 g/mol. The minimum absolute atomic E-state index is 0.435. The molecule has 1 nitrogen and oxygen atoms in total. The minimum Gasteiger partial charge on any atom is -0.497 e. The van der Waals surface area contributed by atoms with Crippen LogP contribution in [0.15, 0.2) is 0 Å². The Hall–Kier alpha value is 0.0899. The van der Waals surface area contributed by atoms with Gasteiger partial charge >= 0.3 is 0 Å². The number of hydrogen-bond donors (Lipinski definition) is 0. The van der Waals surface area contributed by atoms with Gasteiger partial charge in [0.25, 0.3) is 13.8 Å². The summed E-state index contributed by atoms with van der Waals surface area (Å²) in [4.78, 5) is 0. The average Bonchev–Trinajstić information content (AvgIpc) is 2.51. The maximum absolute atomic E-state index is 6.81. The fourth-order valence-electron chi connectivity index (χ4n) is 6.72. The van der Waals surface area contributed by atoms with Gasteiger partial charge in [-0.3, -0.25) is 0 Å². The smallest absolute Gasteiger partial charge is 0.285 e. The zero-order chi connectivity index (χ0) is 14.4. The van der Waals surface area contributed by atoms with Gasteiger partial charge in [-0.05, 0) is 22.4 Å². The molecule has 2 bridgehead atoms. The third-order valence-corrected chi connectivity index (χ3v) is 7.75. The van der Waals surface area contributed by atoms with Crippen molar-refractivity contribution in [1.29, 1.82) is 0 Å². The van der Waals surface area contributed by atoms with Gasteiger partial charge in [0.15, 0.2) is 0 Å². The van der Waals surface area contributed by atoms with Crippen molar-refractivity contribution in [2.45, 2.75) is 102 Å². The van der Waals surface area contributed by atoms with Gasteiger partial charge in [-0.1, -0.05) is 85.4 Å². The van der Waals surface area contributed by atoms with Crippen molar-refractivity contribution in [3.05, 3.63) is 0 Å². The second-order valence-corrected chi connectivity index (χ2v) is 7.92. The first kappa shape index (κ1) is 15.0. The molecule has 112 valence electrons. The van der Waals surface area contributed by atoms with E-state index >= 15 is 0 Å². The molecule has 3 fully saturated rings. The van der Waals surface area contributed by atoms with Crippen LogP contribution in [0.25, 0.3) is 0 Å². The van der Waals surface area contributed by atoms with E-state index in [0.717, 1.165) is 11.7 Å². The van der Waals surface area contributed by atoms with Gasteiger partial charge in [0.2, 0.25) is 0 Å². The molecule has 0 saturated carbocycles. The van der Waals surface area contributed by atoms with Crippen LogP contribution >= 0.6 is 0 Å². The van der Waals surface area contributed by atoms with E-state index in [2.05, 4.69) is 27.7 Å². The lowest BCUT2D eigenvalue weighted by Crippen LogP contribution is -2.41. The summed E-state index contributed by atoms with van der Waals surface area (Å²) in [5.74, 6) is 1.76. The molecule has 20 heavy (non-hydrogen) atoms. The summed E-state index contributed by atoms with van der Waals surface area (Å²) in [6.07, 6.45) is 12.5. The molecule has 0 N–H and O–H groups in total. The van der Waals surface area contributed by atoms with E-state index in [1.54, 1.807) is 0 Å². The van der Waals surface area contributed by atoms with Gasteiger partial charge in [-0.2, -0.15) is 0 Å². The van der Waals surface area contributed by atoms with E-state index < -0.39 is 0 Å². The van der Waals surface area contributed by atoms with Gasteiger partial charge in [-0.15, -0.1) is 0 Å². The van der Waals surface area contributed by atoms with Crippen molar-refractivity contribution >= 4 is 13.8 Å². The van der Waals surface area contributed by atoms with Crippen LogP contribution in [0.4, 0.5) is 0 Å². The standard InChI is InChI=1S/C17H32B2O/c1-5-17(6-2)16(4)14-10-8-12-15(13-9-11-14)19(16)20-18(17)7-3/h14-15H,5-13H2,1-4H3. The molecule has 1 atom stereocenters. The molecule has 0 radical (unpaired) electrons. The zero-order valence-corrected chi connectivity index (χ0v) is 14.1. The van der Waals surface area contributed by atoms with Crippen molar-refractivity contribution in [2.24, 2.45) is 5.92 Å². The van der Waals surface area contributed by atoms with Crippen molar-refractivity contribution in [2.75, 3.05) is 0 Å². The molecule has 0 aromatic rings. The predicted molar refractivity (Wildman–Crippen MR) is 89.7 cm³/mol. The normalized spacial score (nSPS) is 39.6. The Balaban J connectivity index is 2.10. The van der Waals surface area contributed by atoms with Crippen LogP contribution in [0.1, 0.15) is 79.1 Å². The molecule has 3 saturated heterocycles. The van der Waals surface area contributed by atoms with E-state index in [9.17, 15) is 0 Å². The highest BCUT2D eigenvalue weighted by Gasteiger charge is 2.69. The summed E-state index contributed by atoms with van der Waals surface area (Å²) >= 11 is 0. The fourth-order valence-corrected chi connectivity index (χ4v) is 6.72. The van der Waals surface area contributed by atoms with E-state index in [1.807, 2.05) is 0 Å². The Morgan fingerprint density at radius 1 is 1.00 bits per heavy atom. The Bertz CT molecular complexity index is 345. The van der Waals surface area contributed by atoms with Crippen LogP contribution in [-0.4, -0.2) is 13.8 Å². The molecule has 3 aliphatic heterocycles. The summed E-state index contributed by atoms with van der Waals surface area (Å²) in [5.41, 5.74) is 0. The highest BCUT2D eigenvalue weighted by atomic mass is 16.4. The first-order valence-corrected chi connectivity index (χ1v) is 9.29. The van der Waals surface area contributed by atoms with E-state index in [0.29, 0.717) is 24.5 Å². The first-order chi connectivity index (χ1) is 9.64. The van der Waals surface area contributed by atoms with E-state index in [4.69, 9.17) is 4.57 Å². The summed E-state index contributed by atoms with van der Waals surface area (Å²) in [6.45, 7) is 10.9. The SMILES string of the molecule is CCB1OB2C3CCCC(CCC3)C2(C)C1(CC)CC. The lowest BCUT2D eigenvalue weighted by molar-refractivity contribution is 0.237. The molecule has 3 heterocycles. The third-order valence-electron chi connectivity index (χ3n) is 7.75. The summed E-state index contributed by atoms with van der Waals surface area (Å²) < 4.78 is 6.81. The Kier molecular flexibility index (Phi) is 4.03. The van der Waals surface area contributed by atoms with Crippen LogP contribution < -0.4 is 0 Å². The first-order valence-electron chi connectivity index (χ1n) is 9.29. The maximum atomic E-state index is 6.81. The lowest BCUT2D eigenvalue weighted by Gasteiger charge is -2.49. The second-order valence-electron chi connectivity index (χ2n) is 7.92. The average molecular weight is 274 g/mol. The maximum Gasteiger partial charge on any atom is 0.285 e. The number of rotatable bonds is 3. The van der Waals surface area contributed by atoms with Crippen LogP contribution in [0.5, 0.6) is 0 Å². The Labute approximate surface area is 126 Å². The molecule has 3 rings (SSSR count). The number of hydrogen-bond acceptors (Lipinski definition) is 1. The summed E-state index contributed by atoms with van der Waals surface area (Å²) in [7, 11) is 0. The van der Waals surface area contributed by atoms with E-state index in [1.165, 1.54) is 57.7 Å². The lowest BCUT2D eigenvalue weighted by atomic mass is 9.26. The van der Waals surface area contributed by atoms with Crippen molar-refractivity contribution in [3.63, 3.8) is 0 Å².